The molecule has 0 aliphatic carbocycles. The van der Waals surface area contributed by atoms with Crippen molar-refractivity contribution in [3.8, 4) is 0 Å². The monoisotopic (exact) mass is 351 g/mol. The molecule has 0 heterocycles. The number of nitrogens with one attached hydrogen (secondary N) is 1. The van der Waals surface area contributed by atoms with Gasteiger partial charge in [0.05, 0.1) is 0 Å². The van der Waals surface area contributed by atoms with Crippen molar-refractivity contribution >= 4 is 22.6 Å². The van der Waals surface area contributed by atoms with Crippen molar-refractivity contribution < 1.29 is 0 Å². The molecule has 0 saturated heterocycles. The third kappa shape index (κ3) is 3.56. The largest absolute Gasteiger partial charge is 0.306 e. The maximum Gasteiger partial charge on any atom is 0.0294 e. The van der Waals surface area contributed by atoms with Crippen molar-refractivity contribution in [1.82, 2.24) is 5.32 Å². The Labute approximate surface area is 123 Å². The number of benzene rings is 2. The van der Waals surface area contributed by atoms with E-state index in [1.54, 1.807) is 0 Å². The Morgan fingerprint density at radius 3 is 2.39 bits per heavy atom. The van der Waals surface area contributed by atoms with Crippen molar-refractivity contribution in [2.24, 2.45) is 0 Å². The molecule has 0 amide bonds. The van der Waals surface area contributed by atoms with E-state index in [1.165, 1.54) is 20.3 Å². The first-order chi connectivity index (χ1) is 8.66. The van der Waals surface area contributed by atoms with Crippen LogP contribution in [0.2, 0.25) is 0 Å². The quantitative estimate of drug-likeness (QED) is 0.803. The van der Waals surface area contributed by atoms with Crippen LogP contribution in [-0.2, 0) is 6.54 Å². The van der Waals surface area contributed by atoms with E-state index in [0.717, 1.165) is 6.54 Å². The summed E-state index contributed by atoms with van der Waals surface area (Å²) in [5.41, 5.74) is 4.05. The van der Waals surface area contributed by atoms with Crippen LogP contribution >= 0.6 is 22.6 Å². The Kier molecular flexibility index (Phi) is 4.78. The lowest BCUT2D eigenvalue weighted by molar-refractivity contribution is 0.573. The van der Waals surface area contributed by atoms with Crippen LogP contribution in [0.1, 0.15) is 29.7 Å². The summed E-state index contributed by atoms with van der Waals surface area (Å²) in [6.45, 7) is 5.28. The van der Waals surface area contributed by atoms with E-state index in [9.17, 15) is 0 Å². The zero-order chi connectivity index (χ0) is 13.0. The molecule has 1 atom stereocenters. The molecule has 0 aliphatic heterocycles. The van der Waals surface area contributed by atoms with E-state index < -0.39 is 0 Å². The van der Waals surface area contributed by atoms with E-state index in [4.69, 9.17) is 0 Å². The van der Waals surface area contributed by atoms with Gasteiger partial charge in [-0.1, -0.05) is 36.4 Å². The van der Waals surface area contributed by atoms with Crippen LogP contribution in [0.15, 0.2) is 48.5 Å². The molecule has 94 valence electrons. The second-order valence-electron chi connectivity index (χ2n) is 4.58. The fourth-order valence-corrected chi connectivity index (χ4v) is 2.30. The SMILES string of the molecule is Cc1ccccc1CNC(C)c1ccc(I)cc1. The fourth-order valence-electron chi connectivity index (χ4n) is 1.94. The topological polar surface area (TPSA) is 12.0 Å². The van der Waals surface area contributed by atoms with Gasteiger partial charge < -0.3 is 5.32 Å². The van der Waals surface area contributed by atoms with Gasteiger partial charge in [-0.05, 0) is 65.3 Å². The molecule has 2 heteroatoms. The Balaban J connectivity index is 1.98. The predicted octanol–water partition coefficient (Wildman–Crippen LogP) is 4.45. The number of hydrogen-bond acceptors (Lipinski definition) is 1. The van der Waals surface area contributed by atoms with Crippen LogP contribution in [0.25, 0.3) is 0 Å². The third-order valence-corrected chi connectivity index (χ3v) is 3.95. The summed E-state index contributed by atoms with van der Waals surface area (Å²) in [7, 11) is 0. The van der Waals surface area contributed by atoms with Crippen molar-refractivity contribution in [2.75, 3.05) is 0 Å². The highest BCUT2D eigenvalue weighted by molar-refractivity contribution is 14.1. The van der Waals surface area contributed by atoms with Gasteiger partial charge in [0.15, 0.2) is 0 Å². The Morgan fingerprint density at radius 2 is 1.72 bits per heavy atom. The molecule has 0 fully saturated rings. The first kappa shape index (κ1) is 13.6. The minimum Gasteiger partial charge on any atom is -0.306 e. The van der Waals surface area contributed by atoms with Gasteiger partial charge in [0, 0.05) is 16.2 Å². The van der Waals surface area contributed by atoms with Crippen molar-refractivity contribution in [1.29, 1.82) is 0 Å². The van der Waals surface area contributed by atoms with Crippen molar-refractivity contribution in [2.45, 2.75) is 26.4 Å². The van der Waals surface area contributed by atoms with Gasteiger partial charge >= 0.3 is 0 Å². The molecule has 1 unspecified atom stereocenters. The lowest BCUT2D eigenvalue weighted by Gasteiger charge is -2.15. The third-order valence-electron chi connectivity index (χ3n) is 3.23. The molecule has 2 aromatic carbocycles. The molecule has 0 saturated carbocycles. The van der Waals surface area contributed by atoms with E-state index >= 15 is 0 Å². The van der Waals surface area contributed by atoms with Gasteiger partial charge in [-0.25, -0.2) is 0 Å². The molecule has 1 nitrogen and oxygen atoms in total. The standard InChI is InChI=1S/C16H18IN/c1-12-5-3-4-6-15(12)11-18-13(2)14-7-9-16(17)10-8-14/h3-10,13,18H,11H2,1-2H3. The first-order valence-corrected chi connectivity index (χ1v) is 7.28. The summed E-state index contributed by atoms with van der Waals surface area (Å²) in [6.07, 6.45) is 0. The summed E-state index contributed by atoms with van der Waals surface area (Å²) < 4.78 is 1.28. The van der Waals surface area contributed by atoms with E-state index in [2.05, 4.69) is 90.3 Å². The summed E-state index contributed by atoms with van der Waals surface area (Å²) in [5.74, 6) is 0. The van der Waals surface area contributed by atoms with E-state index in [-0.39, 0.29) is 0 Å². The lowest BCUT2D eigenvalue weighted by Crippen LogP contribution is -2.18. The average molecular weight is 351 g/mol. The molecule has 2 aromatic rings. The van der Waals surface area contributed by atoms with Crippen LogP contribution < -0.4 is 5.32 Å². The number of rotatable bonds is 4. The van der Waals surface area contributed by atoms with Gasteiger partial charge in [-0.3, -0.25) is 0 Å². The lowest BCUT2D eigenvalue weighted by atomic mass is 10.1. The van der Waals surface area contributed by atoms with Gasteiger partial charge in [-0.15, -0.1) is 0 Å². The van der Waals surface area contributed by atoms with Gasteiger partial charge in [0.2, 0.25) is 0 Å². The Bertz CT molecular complexity index is 505. The van der Waals surface area contributed by atoms with Crippen LogP contribution in [-0.4, -0.2) is 0 Å². The first-order valence-electron chi connectivity index (χ1n) is 6.20. The zero-order valence-corrected chi connectivity index (χ0v) is 12.9. The van der Waals surface area contributed by atoms with E-state index in [1.807, 2.05) is 0 Å². The fraction of sp³-hybridized carbons (Fsp3) is 0.250. The number of aryl methyl sites for hydroxylation is 1. The molecule has 0 spiro atoms. The Hall–Kier alpha value is -0.870. The maximum absolute atomic E-state index is 3.57. The van der Waals surface area contributed by atoms with Gasteiger partial charge in [0.25, 0.3) is 0 Å². The number of hydrogen-bond donors (Lipinski definition) is 1. The minimum atomic E-state index is 0.376. The van der Waals surface area contributed by atoms with Gasteiger partial charge in [-0.2, -0.15) is 0 Å². The molecule has 2 rings (SSSR count). The van der Waals surface area contributed by atoms with Crippen LogP contribution in [0.4, 0.5) is 0 Å². The van der Waals surface area contributed by atoms with Crippen LogP contribution in [0, 0.1) is 10.5 Å². The van der Waals surface area contributed by atoms with Crippen molar-refractivity contribution in [3.63, 3.8) is 0 Å². The normalized spacial score (nSPS) is 12.4. The average Bonchev–Trinajstić information content (AvgIpc) is 2.38. The molecule has 18 heavy (non-hydrogen) atoms. The van der Waals surface area contributed by atoms with Crippen molar-refractivity contribution in [3.05, 3.63) is 68.8 Å². The predicted molar refractivity (Wildman–Crippen MR) is 85.6 cm³/mol. The second-order valence-corrected chi connectivity index (χ2v) is 5.83. The van der Waals surface area contributed by atoms with Gasteiger partial charge in [0.1, 0.15) is 0 Å². The highest BCUT2D eigenvalue weighted by Gasteiger charge is 2.05. The van der Waals surface area contributed by atoms with Crippen LogP contribution in [0.5, 0.6) is 0 Å². The molecule has 0 radical (unpaired) electrons. The zero-order valence-electron chi connectivity index (χ0n) is 10.8. The highest BCUT2D eigenvalue weighted by Crippen LogP contribution is 2.15. The molecule has 0 aromatic heterocycles. The van der Waals surface area contributed by atoms with Crippen LogP contribution in [0.3, 0.4) is 0 Å². The summed E-state index contributed by atoms with van der Waals surface area (Å²) in [4.78, 5) is 0. The van der Waals surface area contributed by atoms with E-state index in [0.29, 0.717) is 6.04 Å². The maximum atomic E-state index is 3.57. The molecule has 0 aliphatic rings. The molecule has 1 N–H and O–H groups in total. The second kappa shape index (κ2) is 6.34. The molecular formula is C16H18IN. The Morgan fingerprint density at radius 1 is 1.06 bits per heavy atom. The number of halogens is 1. The highest BCUT2D eigenvalue weighted by atomic mass is 127. The smallest absolute Gasteiger partial charge is 0.0294 e. The minimum absolute atomic E-state index is 0.376. The summed E-state index contributed by atoms with van der Waals surface area (Å²) >= 11 is 2.33. The molecule has 0 bridgehead atoms. The summed E-state index contributed by atoms with van der Waals surface area (Å²) in [5, 5.41) is 3.57. The molecular weight excluding hydrogens is 333 g/mol. The summed E-state index contributed by atoms with van der Waals surface area (Å²) in [6, 6.07) is 17.6.